The molecule has 44 heavy (non-hydrogen) atoms. The predicted molar refractivity (Wildman–Crippen MR) is 167 cm³/mol. The van der Waals surface area contributed by atoms with Crippen LogP contribution in [0.2, 0.25) is 0 Å². The molecule has 1 aliphatic carbocycles. The zero-order valence-electron chi connectivity index (χ0n) is 26.6. The van der Waals surface area contributed by atoms with E-state index in [0.717, 1.165) is 79.0 Å². The van der Waals surface area contributed by atoms with Gasteiger partial charge in [-0.15, -0.1) is 0 Å². The zero-order valence-corrected chi connectivity index (χ0v) is 26.6. The summed E-state index contributed by atoms with van der Waals surface area (Å²) in [5.41, 5.74) is 4.85. The van der Waals surface area contributed by atoms with Gasteiger partial charge in [0.25, 0.3) is 0 Å². The van der Waals surface area contributed by atoms with Gasteiger partial charge < -0.3 is 34.7 Å². The summed E-state index contributed by atoms with van der Waals surface area (Å²) in [5, 5.41) is 15.1. The van der Waals surface area contributed by atoms with Gasteiger partial charge in [-0.1, -0.05) is 6.07 Å². The van der Waals surface area contributed by atoms with E-state index >= 15 is 0 Å². The number of likely N-dealkylation sites (N-methyl/N-ethyl adjacent to an activating group) is 1. The second-order valence-corrected chi connectivity index (χ2v) is 13.5. The third kappa shape index (κ3) is 6.12. The number of quaternary nitrogens is 1. The first-order valence-corrected chi connectivity index (χ1v) is 15.9. The lowest BCUT2D eigenvalue weighted by Gasteiger charge is -2.34. The fourth-order valence-electron chi connectivity index (χ4n) is 6.69. The van der Waals surface area contributed by atoms with Crippen LogP contribution in [0.4, 0.5) is 4.79 Å². The van der Waals surface area contributed by atoms with E-state index in [0.29, 0.717) is 25.5 Å². The van der Waals surface area contributed by atoms with Crippen molar-refractivity contribution in [2.24, 2.45) is 5.41 Å². The highest BCUT2D eigenvalue weighted by atomic mass is 16.6. The molecule has 3 N–H and O–H groups in total. The van der Waals surface area contributed by atoms with Crippen molar-refractivity contribution in [1.82, 2.24) is 24.6 Å². The number of pyridine rings is 1. The van der Waals surface area contributed by atoms with Crippen LogP contribution in [0.15, 0.2) is 35.7 Å². The van der Waals surface area contributed by atoms with Crippen molar-refractivity contribution in [3.05, 3.63) is 46.9 Å². The third-order valence-corrected chi connectivity index (χ3v) is 8.96. The molecule has 3 aliphatic heterocycles. The van der Waals surface area contributed by atoms with E-state index in [2.05, 4.69) is 11.0 Å². The van der Waals surface area contributed by atoms with Crippen LogP contribution in [0.5, 0.6) is 5.88 Å². The maximum atomic E-state index is 12.8. The highest BCUT2D eigenvalue weighted by Gasteiger charge is 2.59. The Kier molecular flexibility index (Phi) is 8.27. The van der Waals surface area contributed by atoms with Gasteiger partial charge in [-0.2, -0.15) is 5.10 Å². The average Bonchev–Trinajstić information content (AvgIpc) is 3.49. The van der Waals surface area contributed by atoms with Gasteiger partial charge in [0, 0.05) is 50.0 Å². The van der Waals surface area contributed by atoms with Crippen molar-refractivity contribution in [2.45, 2.75) is 83.8 Å². The van der Waals surface area contributed by atoms with Gasteiger partial charge in [0.05, 0.1) is 36.3 Å². The fraction of sp³-hybridized carbons (Fsp3) is 0.576. The van der Waals surface area contributed by atoms with Crippen LogP contribution in [0, 0.1) is 10.8 Å². The molecule has 0 aromatic carbocycles. The number of allylic oxidation sites excluding steroid dienone is 1. The standard InChI is InChI=1S/C33H45N7O4/c1-32(2,3)44-31(41)39-14-9-13-33(21-39)17-27(33)43-28-11-8-10-24(36-28)30-23-16-25(22(18-34)19-35-4)38(5)20-26(23)40(37-30)29-12-6-7-15-42-29/h8,10-11,16,18-19,27,29,34-35H,6-7,9,12-15,17,20-21H2,1-5H3/p+1. The molecule has 4 aliphatic rings. The molecule has 3 unspecified atom stereocenters. The van der Waals surface area contributed by atoms with Crippen LogP contribution in [-0.4, -0.2) is 82.4 Å². The highest BCUT2D eigenvalue weighted by molar-refractivity contribution is 5.86. The quantitative estimate of drug-likeness (QED) is 0.451. The second kappa shape index (κ2) is 12.0. The van der Waals surface area contributed by atoms with E-state index < -0.39 is 5.60 Å². The van der Waals surface area contributed by atoms with E-state index in [1.807, 2.05) is 74.2 Å². The molecule has 2 aromatic rings. The lowest BCUT2D eigenvalue weighted by molar-refractivity contribution is -0.556. The van der Waals surface area contributed by atoms with E-state index in [9.17, 15) is 4.79 Å². The van der Waals surface area contributed by atoms with Gasteiger partial charge in [0.15, 0.2) is 6.23 Å². The molecular formula is C33H46N7O4+. The number of nitrogens with two attached hydrogens (primary N) is 1. The van der Waals surface area contributed by atoms with E-state index in [1.54, 1.807) is 0 Å². The first-order valence-electron chi connectivity index (χ1n) is 15.9. The van der Waals surface area contributed by atoms with Crippen LogP contribution >= 0.6 is 0 Å². The van der Waals surface area contributed by atoms with Crippen LogP contribution in [0.1, 0.15) is 76.8 Å². The summed E-state index contributed by atoms with van der Waals surface area (Å²) in [6.45, 7) is 8.44. The Balaban J connectivity index is 1.27. The number of nitrogens with one attached hydrogen (secondary N) is 1. The smallest absolute Gasteiger partial charge is 0.410 e. The Hall–Kier alpha value is -3.70. The van der Waals surface area contributed by atoms with Gasteiger partial charge in [0.1, 0.15) is 23.6 Å². The molecule has 11 nitrogen and oxygen atoms in total. The largest absolute Gasteiger partial charge is 0.474 e. The molecular weight excluding hydrogens is 558 g/mol. The van der Waals surface area contributed by atoms with Crippen molar-refractivity contribution in [2.75, 3.05) is 33.8 Å². The lowest BCUT2D eigenvalue weighted by Crippen LogP contribution is -2.73. The number of nitrogens with zero attached hydrogens (tertiary/aromatic N) is 5. The lowest BCUT2D eigenvalue weighted by atomic mass is 9.95. The molecule has 236 valence electrons. The van der Waals surface area contributed by atoms with E-state index in [4.69, 9.17) is 29.7 Å². The average molecular weight is 605 g/mol. The first-order chi connectivity index (χ1) is 21.1. The molecule has 3 fully saturated rings. The molecule has 3 atom stereocenters. The van der Waals surface area contributed by atoms with Crippen LogP contribution < -0.4 is 10.1 Å². The Morgan fingerprint density at radius 3 is 2.82 bits per heavy atom. The summed E-state index contributed by atoms with van der Waals surface area (Å²) in [6.07, 6.45) is 11.1. The van der Waals surface area contributed by atoms with Crippen LogP contribution in [0.3, 0.4) is 0 Å². The zero-order chi connectivity index (χ0) is 31.1. The number of hydrogen-bond acceptors (Lipinski definition) is 8. The van der Waals surface area contributed by atoms with Gasteiger partial charge in [-0.05, 0) is 71.4 Å². The van der Waals surface area contributed by atoms with Crippen molar-refractivity contribution in [1.29, 1.82) is 5.41 Å². The predicted octanol–water partition coefficient (Wildman–Crippen LogP) is 4.33. The molecule has 1 saturated carbocycles. The molecule has 2 aromatic heterocycles. The molecule has 0 radical (unpaired) electrons. The van der Waals surface area contributed by atoms with Gasteiger partial charge >= 0.3 is 6.09 Å². The Labute approximate surface area is 259 Å². The second-order valence-electron chi connectivity index (χ2n) is 13.5. The third-order valence-electron chi connectivity index (χ3n) is 8.96. The van der Waals surface area contributed by atoms with Crippen molar-refractivity contribution < 1.29 is 24.3 Å². The maximum absolute atomic E-state index is 12.8. The number of ether oxygens (including phenoxy) is 3. The molecule has 6 rings (SSSR count). The molecule has 2 saturated heterocycles. The number of amides is 1. The van der Waals surface area contributed by atoms with Gasteiger partial charge in [0.2, 0.25) is 5.88 Å². The molecule has 5 heterocycles. The summed E-state index contributed by atoms with van der Waals surface area (Å²) in [6, 6.07) is 5.85. The monoisotopic (exact) mass is 604 g/mol. The van der Waals surface area contributed by atoms with Crippen molar-refractivity contribution in [3.63, 3.8) is 0 Å². The number of carbonyl (C=O) groups excluding carboxylic acids is 1. The SMILES string of the molecule is C[NH2+]C=C(C=N)C1=Cc2c(-c3cccc(OC4CC45CCCN(C(=O)OC(C)(C)C)C5)n3)nn(C3CCCCO3)c2CN1C. The van der Waals surface area contributed by atoms with E-state index in [-0.39, 0.29) is 23.8 Å². The molecule has 1 amide bonds. The van der Waals surface area contributed by atoms with Crippen LogP contribution in [-0.2, 0) is 16.0 Å². The summed E-state index contributed by atoms with van der Waals surface area (Å²) < 4.78 is 20.4. The summed E-state index contributed by atoms with van der Waals surface area (Å²) in [5.74, 6) is 0.564. The minimum Gasteiger partial charge on any atom is -0.474 e. The highest BCUT2D eigenvalue weighted by Crippen LogP contribution is 2.54. The topological polar surface area (TPSA) is 122 Å². The van der Waals surface area contributed by atoms with Gasteiger partial charge in [-0.25, -0.2) is 14.5 Å². The van der Waals surface area contributed by atoms with Crippen molar-refractivity contribution in [3.8, 4) is 17.3 Å². The number of carbonyl (C=O) groups is 1. The number of hydrogen-bond donors (Lipinski definition) is 2. The summed E-state index contributed by atoms with van der Waals surface area (Å²) in [7, 11) is 4.01. The minimum absolute atomic E-state index is 0.00308. The molecule has 1 spiro atoms. The van der Waals surface area contributed by atoms with Crippen LogP contribution in [0.25, 0.3) is 17.5 Å². The Bertz CT molecular complexity index is 1470. The number of piperidine rings is 1. The first kappa shape index (κ1) is 30.3. The minimum atomic E-state index is -0.516. The van der Waals surface area contributed by atoms with E-state index in [1.165, 1.54) is 6.21 Å². The molecule has 0 bridgehead atoms. The number of aromatic nitrogens is 3. The maximum Gasteiger partial charge on any atom is 0.410 e. The number of rotatable bonds is 7. The summed E-state index contributed by atoms with van der Waals surface area (Å²) in [4.78, 5) is 21.7. The number of likely N-dealkylation sites (tertiary alicyclic amines) is 1. The Morgan fingerprint density at radius 2 is 2.09 bits per heavy atom. The number of fused-ring (bicyclic) bond motifs is 1. The normalized spacial score (nSPS) is 25.4. The molecule has 11 heteroatoms. The van der Waals surface area contributed by atoms with Crippen molar-refractivity contribution >= 4 is 18.4 Å². The fourth-order valence-corrected chi connectivity index (χ4v) is 6.69. The Morgan fingerprint density at radius 1 is 1.25 bits per heavy atom. The van der Waals surface area contributed by atoms with Gasteiger partial charge in [-0.3, -0.25) is 0 Å². The summed E-state index contributed by atoms with van der Waals surface area (Å²) >= 11 is 0.